The minimum absolute atomic E-state index is 0.0586. The van der Waals surface area contributed by atoms with Crippen molar-refractivity contribution in [2.45, 2.75) is 76.6 Å². The molecule has 2 aromatic rings. The third-order valence-corrected chi connectivity index (χ3v) is 6.44. The van der Waals surface area contributed by atoms with Crippen LogP contribution in [0.4, 0.5) is 4.79 Å². The Labute approximate surface area is 184 Å². The summed E-state index contributed by atoms with van der Waals surface area (Å²) < 4.78 is 5.60. The number of amides is 2. The maximum atomic E-state index is 13.3. The van der Waals surface area contributed by atoms with Crippen LogP contribution in [-0.4, -0.2) is 29.0 Å². The number of hydrogen-bond donors (Lipinski definition) is 1. The molecule has 1 aliphatic carbocycles. The summed E-state index contributed by atoms with van der Waals surface area (Å²) in [5, 5.41) is 3.26. The third kappa shape index (κ3) is 5.66. The molecule has 0 spiro atoms. The minimum Gasteiger partial charge on any atom is -0.445 e. The molecule has 1 aliphatic heterocycles. The molecule has 0 aromatic heterocycles. The Morgan fingerprint density at radius 2 is 1.52 bits per heavy atom. The van der Waals surface area contributed by atoms with E-state index in [4.69, 9.17) is 4.74 Å². The molecule has 1 atom stereocenters. The van der Waals surface area contributed by atoms with Gasteiger partial charge in [-0.1, -0.05) is 86.7 Å². The van der Waals surface area contributed by atoms with Crippen LogP contribution in [0.1, 0.15) is 61.6 Å². The van der Waals surface area contributed by atoms with E-state index in [1.54, 1.807) is 4.90 Å². The van der Waals surface area contributed by atoms with Crippen LogP contribution in [0.2, 0.25) is 0 Å². The van der Waals surface area contributed by atoms with E-state index in [1.165, 1.54) is 19.3 Å². The first-order valence-electron chi connectivity index (χ1n) is 11.5. The highest BCUT2D eigenvalue weighted by Gasteiger charge is 2.36. The van der Waals surface area contributed by atoms with E-state index < -0.39 is 12.1 Å². The molecular weight excluding hydrogens is 388 g/mol. The standard InChI is InChI=1S/C26H32N2O3/c29-25(27-23-15-7-2-1-3-8-16-23)24-17-21-13-9-10-14-22(21)18-28(24)26(30)31-19-20-11-5-4-6-12-20/h4-6,9-14,23-24H,1-3,7-8,15-19H2,(H,27,29)/t24-/m0/s1. The van der Waals surface area contributed by atoms with E-state index in [-0.39, 0.29) is 18.6 Å². The van der Waals surface area contributed by atoms with Gasteiger partial charge in [0.05, 0.1) is 6.54 Å². The molecule has 5 nitrogen and oxygen atoms in total. The number of ether oxygens (including phenoxy) is 1. The van der Waals surface area contributed by atoms with Crippen LogP contribution >= 0.6 is 0 Å². The molecule has 0 unspecified atom stereocenters. The average Bonchev–Trinajstić information content (AvgIpc) is 2.79. The summed E-state index contributed by atoms with van der Waals surface area (Å²) in [6, 6.07) is 17.3. The molecule has 5 heteroatoms. The number of nitrogens with zero attached hydrogens (tertiary/aromatic N) is 1. The number of carbonyl (C=O) groups excluding carboxylic acids is 2. The van der Waals surface area contributed by atoms with Gasteiger partial charge in [-0.25, -0.2) is 4.79 Å². The second-order valence-electron chi connectivity index (χ2n) is 8.71. The maximum Gasteiger partial charge on any atom is 0.411 e. The van der Waals surface area contributed by atoms with E-state index >= 15 is 0 Å². The molecule has 2 aliphatic rings. The van der Waals surface area contributed by atoms with Crippen molar-refractivity contribution in [2.24, 2.45) is 0 Å². The molecule has 4 rings (SSSR count). The summed E-state index contributed by atoms with van der Waals surface area (Å²) in [6.07, 6.45) is 8.21. The van der Waals surface area contributed by atoms with E-state index in [2.05, 4.69) is 11.4 Å². The largest absolute Gasteiger partial charge is 0.445 e. The van der Waals surface area contributed by atoms with Crippen LogP contribution in [-0.2, 0) is 29.1 Å². The molecule has 2 amide bonds. The van der Waals surface area contributed by atoms with Crippen molar-refractivity contribution in [3.63, 3.8) is 0 Å². The smallest absolute Gasteiger partial charge is 0.411 e. The van der Waals surface area contributed by atoms with Gasteiger partial charge in [0.2, 0.25) is 5.91 Å². The van der Waals surface area contributed by atoms with Crippen LogP contribution in [0.5, 0.6) is 0 Å². The van der Waals surface area contributed by atoms with E-state index in [0.717, 1.165) is 42.4 Å². The fourth-order valence-electron chi connectivity index (χ4n) is 4.65. The second-order valence-corrected chi connectivity index (χ2v) is 8.71. The molecule has 0 bridgehead atoms. The number of carbonyl (C=O) groups is 2. The molecule has 0 radical (unpaired) electrons. The van der Waals surface area contributed by atoms with Crippen LogP contribution in [0.15, 0.2) is 54.6 Å². The number of hydrogen-bond acceptors (Lipinski definition) is 3. The topological polar surface area (TPSA) is 58.6 Å². The molecule has 1 heterocycles. The Bertz CT molecular complexity index is 875. The number of rotatable bonds is 4. The zero-order valence-corrected chi connectivity index (χ0v) is 18.1. The molecule has 1 fully saturated rings. The summed E-state index contributed by atoms with van der Waals surface area (Å²) in [4.78, 5) is 27.9. The van der Waals surface area contributed by atoms with Gasteiger partial charge >= 0.3 is 6.09 Å². The Kier molecular flexibility index (Phi) is 7.23. The number of fused-ring (bicyclic) bond motifs is 1. The van der Waals surface area contributed by atoms with Gasteiger partial charge in [0.1, 0.15) is 12.6 Å². The molecule has 1 N–H and O–H groups in total. The van der Waals surface area contributed by atoms with Gasteiger partial charge in [-0.15, -0.1) is 0 Å². The fraction of sp³-hybridized carbons (Fsp3) is 0.462. The van der Waals surface area contributed by atoms with Crippen LogP contribution in [0.3, 0.4) is 0 Å². The lowest BCUT2D eigenvalue weighted by molar-refractivity contribution is -0.127. The Morgan fingerprint density at radius 3 is 2.26 bits per heavy atom. The Morgan fingerprint density at radius 1 is 0.871 bits per heavy atom. The van der Waals surface area contributed by atoms with E-state index in [0.29, 0.717) is 13.0 Å². The monoisotopic (exact) mass is 420 g/mol. The number of nitrogens with one attached hydrogen (secondary N) is 1. The zero-order chi connectivity index (χ0) is 21.5. The van der Waals surface area contributed by atoms with Crippen LogP contribution in [0, 0.1) is 0 Å². The molecule has 164 valence electrons. The Balaban J connectivity index is 1.46. The lowest BCUT2D eigenvalue weighted by atomic mass is 9.92. The van der Waals surface area contributed by atoms with Crippen LogP contribution in [0.25, 0.3) is 0 Å². The summed E-state index contributed by atoms with van der Waals surface area (Å²) in [6.45, 7) is 0.599. The van der Waals surface area contributed by atoms with Gasteiger partial charge in [0.25, 0.3) is 0 Å². The van der Waals surface area contributed by atoms with Crippen molar-refractivity contribution < 1.29 is 14.3 Å². The van der Waals surface area contributed by atoms with Gasteiger partial charge in [-0.2, -0.15) is 0 Å². The highest BCUT2D eigenvalue weighted by Crippen LogP contribution is 2.25. The van der Waals surface area contributed by atoms with E-state index in [1.807, 2.05) is 48.5 Å². The van der Waals surface area contributed by atoms with Gasteiger partial charge < -0.3 is 10.1 Å². The van der Waals surface area contributed by atoms with Gasteiger partial charge in [-0.05, 0) is 29.5 Å². The fourth-order valence-corrected chi connectivity index (χ4v) is 4.65. The molecule has 1 saturated carbocycles. The lowest BCUT2D eigenvalue weighted by Gasteiger charge is -2.36. The molecule has 31 heavy (non-hydrogen) atoms. The summed E-state index contributed by atoms with van der Waals surface area (Å²) in [5.41, 5.74) is 3.14. The van der Waals surface area contributed by atoms with Crippen LogP contribution < -0.4 is 5.32 Å². The van der Waals surface area contributed by atoms with Gasteiger partial charge in [0, 0.05) is 12.5 Å². The van der Waals surface area contributed by atoms with E-state index in [9.17, 15) is 9.59 Å². The van der Waals surface area contributed by atoms with Gasteiger partial charge in [-0.3, -0.25) is 9.69 Å². The van der Waals surface area contributed by atoms with Crippen molar-refractivity contribution in [2.75, 3.05) is 0 Å². The van der Waals surface area contributed by atoms with Crippen molar-refractivity contribution in [1.82, 2.24) is 10.2 Å². The summed E-state index contributed by atoms with van der Waals surface area (Å²) in [5.74, 6) is -0.0586. The predicted octanol–water partition coefficient (Wildman–Crippen LogP) is 4.98. The highest BCUT2D eigenvalue weighted by atomic mass is 16.6. The van der Waals surface area contributed by atoms with Crippen molar-refractivity contribution >= 4 is 12.0 Å². The SMILES string of the molecule is O=C(NC1CCCCCCC1)[C@@H]1Cc2ccccc2CN1C(=O)OCc1ccccc1. The summed E-state index contributed by atoms with van der Waals surface area (Å²) >= 11 is 0. The second kappa shape index (κ2) is 10.5. The quantitative estimate of drug-likeness (QED) is 0.759. The lowest BCUT2D eigenvalue weighted by Crippen LogP contribution is -2.54. The molecule has 0 saturated heterocycles. The van der Waals surface area contributed by atoms with Crippen molar-refractivity contribution in [3.05, 3.63) is 71.3 Å². The first-order valence-corrected chi connectivity index (χ1v) is 11.5. The first kappa shape index (κ1) is 21.4. The van der Waals surface area contributed by atoms with Crippen molar-refractivity contribution in [1.29, 1.82) is 0 Å². The Hall–Kier alpha value is -2.82. The first-order chi connectivity index (χ1) is 15.2. The number of benzene rings is 2. The average molecular weight is 421 g/mol. The summed E-state index contributed by atoms with van der Waals surface area (Å²) in [7, 11) is 0. The zero-order valence-electron chi connectivity index (χ0n) is 18.1. The van der Waals surface area contributed by atoms with Gasteiger partial charge in [0.15, 0.2) is 0 Å². The van der Waals surface area contributed by atoms with Crippen molar-refractivity contribution in [3.8, 4) is 0 Å². The predicted molar refractivity (Wildman–Crippen MR) is 120 cm³/mol. The normalized spacial score (nSPS) is 19.6. The molecule has 2 aromatic carbocycles. The highest BCUT2D eigenvalue weighted by molar-refractivity contribution is 5.86. The molecular formula is C26H32N2O3. The third-order valence-electron chi connectivity index (χ3n) is 6.44. The minimum atomic E-state index is -0.538. The maximum absolute atomic E-state index is 13.3.